The van der Waals surface area contributed by atoms with Gasteiger partial charge >= 0.3 is 0 Å². The van der Waals surface area contributed by atoms with Gasteiger partial charge in [-0.15, -0.1) is 0 Å². The lowest BCUT2D eigenvalue weighted by molar-refractivity contribution is -0.124. The van der Waals surface area contributed by atoms with Crippen LogP contribution in [0.4, 0.5) is 0 Å². The highest BCUT2D eigenvalue weighted by Gasteiger charge is 2.53. The molecule has 0 spiro atoms. The van der Waals surface area contributed by atoms with Crippen molar-refractivity contribution < 1.29 is 18.6 Å². The van der Waals surface area contributed by atoms with Crippen LogP contribution in [0.15, 0.2) is 127 Å². The van der Waals surface area contributed by atoms with E-state index in [1.54, 1.807) is 7.11 Å². The Labute approximate surface area is 277 Å². The summed E-state index contributed by atoms with van der Waals surface area (Å²) in [7, 11) is -1.06. The minimum atomic E-state index is -2.75. The average Bonchev–Trinajstić information content (AvgIpc) is 3.07. The summed E-state index contributed by atoms with van der Waals surface area (Å²) in [4.78, 5) is 0. The van der Waals surface area contributed by atoms with Crippen molar-refractivity contribution in [3.63, 3.8) is 0 Å². The minimum absolute atomic E-state index is 0.0122. The molecule has 0 radical (unpaired) electrons. The molecule has 0 aliphatic heterocycles. The van der Waals surface area contributed by atoms with E-state index >= 15 is 0 Å². The summed E-state index contributed by atoms with van der Waals surface area (Å²) in [5.74, 6) is 0.897. The fourth-order valence-electron chi connectivity index (χ4n) is 7.14. The lowest BCUT2D eigenvalue weighted by atomic mass is 9.64. The summed E-state index contributed by atoms with van der Waals surface area (Å²) in [5, 5.41) is 2.45. The maximum absolute atomic E-state index is 7.53. The molecule has 4 aromatic rings. The molecule has 46 heavy (non-hydrogen) atoms. The third-order valence-electron chi connectivity index (χ3n) is 9.77. The van der Waals surface area contributed by atoms with Crippen LogP contribution in [0.2, 0.25) is 5.04 Å². The third kappa shape index (κ3) is 7.39. The predicted molar refractivity (Wildman–Crippen MR) is 191 cm³/mol. The molecule has 3 atom stereocenters. The Bertz CT molecular complexity index is 1480. The van der Waals surface area contributed by atoms with Gasteiger partial charge in [0, 0.05) is 17.9 Å². The van der Waals surface area contributed by atoms with Crippen molar-refractivity contribution in [1.82, 2.24) is 0 Å². The molecule has 4 nitrogen and oxygen atoms in total. The average molecular weight is 635 g/mol. The van der Waals surface area contributed by atoms with Crippen molar-refractivity contribution in [2.45, 2.75) is 64.9 Å². The number of benzene rings is 4. The van der Waals surface area contributed by atoms with Crippen LogP contribution in [0.25, 0.3) is 0 Å². The molecule has 1 aliphatic carbocycles. The van der Waals surface area contributed by atoms with Gasteiger partial charge < -0.3 is 18.6 Å². The predicted octanol–water partition coefficient (Wildman–Crippen LogP) is 8.35. The highest BCUT2D eigenvalue weighted by Crippen LogP contribution is 2.47. The van der Waals surface area contributed by atoms with Crippen molar-refractivity contribution in [2.24, 2.45) is 11.3 Å². The molecule has 1 saturated carbocycles. The molecule has 0 N–H and O–H groups in total. The van der Waals surface area contributed by atoms with Crippen LogP contribution < -0.4 is 15.1 Å². The lowest BCUT2D eigenvalue weighted by Crippen LogP contribution is -2.67. The van der Waals surface area contributed by atoms with Gasteiger partial charge in [0.2, 0.25) is 0 Å². The molecule has 5 heteroatoms. The van der Waals surface area contributed by atoms with Gasteiger partial charge in [0.25, 0.3) is 8.32 Å². The van der Waals surface area contributed by atoms with Crippen molar-refractivity contribution in [1.29, 1.82) is 0 Å². The van der Waals surface area contributed by atoms with Crippen LogP contribution in [0.3, 0.4) is 0 Å². The molecule has 0 bridgehead atoms. The molecule has 1 aliphatic rings. The van der Waals surface area contributed by atoms with Crippen molar-refractivity contribution in [2.75, 3.05) is 20.3 Å². The Kier molecular flexibility index (Phi) is 11.0. The zero-order valence-electron chi connectivity index (χ0n) is 28.2. The van der Waals surface area contributed by atoms with Gasteiger partial charge in [-0.3, -0.25) is 0 Å². The van der Waals surface area contributed by atoms with Gasteiger partial charge in [-0.2, -0.15) is 0 Å². The largest absolute Gasteiger partial charge is 0.497 e. The maximum Gasteiger partial charge on any atom is 0.261 e. The fraction of sp³-hybridized carbons (Fsp3) is 0.366. The van der Waals surface area contributed by atoms with E-state index in [2.05, 4.69) is 131 Å². The highest BCUT2D eigenvalue weighted by atomic mass is 28.4. The van der Waals surface area contributed by atoms with Crippen molar-refractivity contribution in [3.05, 3.63) is 139 Å². The molecule has 1 fully saturated rings. The normalized spacial score (nSPS) is 20.4. The molecular weight excluding hydrogens is 585 g/mol. The van der Waals surface area contributed by atoms with Crippen LogP contribution in [0.1, 0.15) is 51.7 Å². The molecule has 4 aromatic carbocycles. The van der Waals surface area contributed by atoms with Crippen LogP contribution >= 0.6 is 0 Å². The Morgan fingerprint density at radius 3 is 1.85 bits per heavy atom. The molecule has 5 rings (SSSR count). The van der Waals surface area contributed by atoms with E-state index in [1.807, 2.05) is 18.2 Å². The van der Waals surface area contributed by atoms with E-state index in [0.29, 0.717) is 26.4 Å². The number of methoxy groups -OCH3 is 1. The van der Waals surface area contributed by atoms with Gasteiger partial charge in [-0.25, -0.2) is 0 Å². The Morgan fingerprint density at radius 2 is 1.30 bits per heavy atom. The van der Waals surface area contributed by atoms with Gasteiger partial charge in [-0.05, 0) is 51.5 Å². The van der Waals surface area contributed by atoms with E-state index in [9.17, 15) is 0 Å². The van der Waals surface area contributed by atoms with E-state index in [0.717, 1.165) is 24.2 Å². The van der Waals surface area contributed by atoms with Crippen LogP contribution in [0, 0.1) is 11.3 Å². The second-order valence-corrected chi connectivity index (χ2v) is 18.2. The van der Waals surface area contributed by atoms with Crippen molar-refractivity contribution in [3.8, 4) is 5.75 Å². The monoisotopic (exact) mass is 634 g/mol. The molecule has 0 amide bonds. The summed E-state index contributed by atoms with van der Waals surface area (Å²) < 4.78 is 26.2. The number of hydrogen-bond donors (Lipinski definition) is 0. The van der Waals surface area contributed by atoms with E-state index in [4.69, 9.17) is 18.6 Å². The first-order valence-electron chi connectivity index (χ1n) is 16.5. The topological polar surface area (TPSA) is 36.9 Å². The molecule has 0 aromatic heterocycles. The Hall–Kier alpha value is -3.48. The van der Waals surface area contributed by atoms with Crippen LogP contribution in [-0.4, -0.2) is 34.7 Å². The smallest absolute Gasteiger partial charge is 0.261 e. The number of rotatable bonds is 13. The summed E-state index contributed by atoms with van der Waals surface area (Å²) in [5.41, 5.74) is 3.16. The Balaban J connectivity index is 1.47. The van der Waals surface area contributed by atoms with Crippen molar-refractivity contribution >= 4 is 18.7 Å². The van der Waals surface area contributed by atoms with E-state index in [1.165, 1.54) is 21.5 Å². The molecule has 242 valence electrons. The second-order valence-electron chi connectivity index (χ2n) is 13.9. The van der Waals surface area contributed by atoms with Gasteiger partial charge in [0.1, 0.15) is 5.75 Å². The zero-order valence-corrected chi connectivity index (χ0v) is 29.2. The quantitative estimate of drug-likeness (QED) is 0.109. The zero-order chi connectivity index (χ0) is 32.6. The maximum atomic E-state index is 7.53. The fourth-order valence-corrected chi connectivity index (χ4v) is 11.7. The Morgan fingerprint density at radius 1 is 0.761 bits per heavy atom. The first-order chi connectivity index (χ1) is 22.2. The van der Waals surface area contributed by atoms with Crippen LogP contribution in [-0.2, 0) is 27.1 Å². The minimum Gasteiger partial charge on any atom is -0.497 e. The highest BCUT2D eigenvalue weighted by molar-refractivity contribution is 6.99. The van der Waals surface area contributed by atoms with Crippen LogP contribution in [0.5, 0.6) is 5.75 Å². The molecule has 0 saturated heterocycles. The van der Waals surface area contributed by atoms with Gasteiger partial charge in [-0.1, -0.05) is 143 Å². The standard InChI is InChI=1S/C41H50O4Si/c1-32-22-27-39(44-29-33-16-10-7-11-17-33)41(5,31-43-28-34-23-25-35(42-6)26-24-34)38(32)30-45-46(40(2,3)4,36-18-12-8-13-19-36)37-20-14-9-15-21-37/h7-21,23-26,38-39H,1,22,27-31H2,2-6H3/t38-,39+,41+/m1/s1. The second kappa shape index (κ2) is 15.0. The summed E-state index contributed by atoms with van der Waals surface area (Å²) in [6, 6.07) is 40.3. The van der Waals surface area contributed by atoms with E-state index in [-0.39, 0.29) is 22.5 Å². The SMILES string of the molecule is C=C1CC[C@H](OCc2ccccc2)[C@@](C)(COCc2ccc(OC)cc2)[C@@H]1CO[Si](c1ccccc1)(c1ccccc1)C(C)(C)C. The third-order valence-corrected chi connectivity index (χ3v) is 14.8. The summed E-state index contributed by atoms with van der Waals surface area (Å²) in [6.07, 6.45) is 1.80. The van der Waals surface area contributed by atoms with Gasteiger partial charge in [0.05, 0.1) is 33.0 Å². The molecule has 0 unspecified atom stereocenters. The number of hydrogen-bond acceptors (Lipinski definition) is 4. The summed E-state index contributed by atoms with van der Waals surface area (Å²) in [6.45, 7) is 16.1. The van der Waals surface area contributed by atoms with E-state index < -0.39 is 8.32 Å². The van der Waals surface area contributed by atoms with Gasteiger partial charge in [0.15, 0.2) is 0 Å². The molecule has 0 heterocycles. The molecular formula is C41H50O4Si. The first-order valence-corrected chi connectivity index (χ1v) is 18.4. The lowest BCUT2D eigenvalue weighted by Gasteiger charge is -2.50. The first kappa shape index (κ1) is 33.9. The number of ether oxygens (including phenoxy) is 3. The summed E-state index contributed by atoms with van der Waals surface area (Å²) >= 11 is 0.